The Morgan fingerprint density at radius 2 is 1.95 bits per heavy atom. The second-order valence-corrected chi connectivity index (χ2v) is 8.20. The van der Waals surface area contributed by atoms with Crippen LogP contribution in [-0.4, -0.2) is 23.2 Å². The Hall–Kier alpha value is -1.00. The summed E-state index contributed by atoms with van der Waals surface area (Å²) in [6.07, 6.45) is 2.30. The number of amides is 1. The Labute approximate surface area is 125 Å². The lowest BCUT2D eigenvalue weighted by Crippen LogP contribution is -2.50. The van der Waals surface area contributed by atoms with Crippen LogP contribution in [0.1, 0.15) is 33.6 Å². The molecule has 1 saturated carbocycles. The Morgan fingerprint density at radius 1 is 1.35 bits per heavy atom. The average molecular weight is 292 g/mol. The van der Waals surface area contributed by atoms with E-state index >= 15 is 0 Å². The van der Waals surface area contributed by atoms with Crippen LogP contribution in [0.25, 0.3) is 0 Å². The molecule has 0 unspecified atom stereocenters. The van der Waals surface area contributed by atoms with Crippen LogP contribution in [0.3, 0.4) is 0 Å². The van der Waals surface area contributed by atoms with E-state index in [9.17, 15) is 4.79 Å². The van der Waals surface area contributed by atoms with Gasteiger partial charge in [0.25, 0.3) is 0 Å². The molecule has 3 nitrogen and oxygen atoms in total. The van der Waals surface area contributed by atoms with Crippen molar-refractivity contribution in [1.82, 2.24) is 5.32 Å². The molecule has 0 aromatic heterocycles. The predicted molar refractivity (Wildman–Crippen MR) is 84.7 cm³/mol. The summed E-state index contributed by atoms with van der Waals surface area (Å²) in [4.78, 5) is 13.3. The van der Waals surface area contributed by atoms with Gasteiger partial charge in [-0.2, -0.15) is 0 Å². The lowest BCUT2D eigenvalue weighted by atomic mass is 9.87. The van der Waals surface area contributed by atoms with E-state index in [1.54, 1.807) is 0 Å². The van der Waals surface area contributed by atoms with Gasteiger partial charge in [0, 0.05) is 16.2 Å². The lowest BCUT2D eigenvalue weighted by molar-refractivity contribution is -0.124. The molecule has 0 aliphatic heterocycles. The molecule has 0 radical (unpaired) electrons. The van der Waals surface area contributed by atoms with Gasteiger partial charge in [-0.3, -0.25) is 4.79 Å². The number of hydrogen-bond acceptors (Lipinski definition) is 3. The number of nitrogens with one attached hydrogen (secondary N) is 1. The molecule has 1 amide bonds. The Balaban J connectivity index is 1.86. The number of thioether (sulfide) groups is 1. The minimum absolute atomic E-state index is 0.0440. The molecule has 0 spiro atoms. The van der Waals surface area contributed by atoms with E-state index in [1.165, 1.54) is 4.90 Å². The van der Waals surface area contributed by atoms with Gasteiger partial charge in [0.2, 0.25) is 5.91 Å². The van der Waals surface area contributed by atoms with Crippen molar-refractivity contribution in [3.8, 4) is 0 Å². The van der Waals surface area contributed by atoms with Crippen LogP contribution in [0, 0.1) is 5.41 Å². The minimum atomic E-state index is -0.458. The van der Waals surface area contributed by atoms with Gasteiger partial charge in [-0.05, 0) is 30.4 Å². The van der Waals surface area contributed by atoms with E-state index < -0.39 is 6.04 Å². The highest BCUT2D eigenvalue weighted by Gasteiger charge is 2.44. The second kappa shape index (κ2) is 5.78. The number of nitrogens with two attached hydrogens (primary N) is 1. The fourth-order valence-corrected chi connectivity index (χ4v) is 3.19. The molecule has 3 N–H and O–H groups in total. The largest absolute Gasteiger partial charge is 0.353 e. The normalized spacial score (nSPS) is 18.4. The Kier molecular flexibility index (Phi) is 4.45. The van der Waals surface area contributed by atoms with Crippen molar-refractivity contribution in [3.05, 3.63) is 30.3 Å². The second-order valence-electron chi connectivity index (χ2n) is 6.66. The van der Waals surface area contributed by atoms with Gasteiger partial charge >= 0.3 is 0 Å². The first kappa shape index (κ1) is 15.4. The fourth-order valence-electron chi connectivity index (χ4n) is 1.94. The highest BCUT2D eigenvalue weighted by Crippen LogP contribution is 2.51. The van der Waals surface area contributed by atoms with Crippen LogP contribution in [-0.2, 0) is 4.79 Å². The quantitative estimate of drug-likeness (QED) is 0.877. The third-order valence-electron chi connectivity index (χ3n) is 3.69. The van der Waals surface area contributed by atoms with E-state index in [0.717, 1.165) is 12.8 Å². The summed E-state index contributed by atoms with van der Waals surface area (Å²) in [6.45, 7) is 6.67. The molecule has 1 aliphatic rings. The van der Waals surface area contributed by atoms with Crippen molar-refractivity contribution in [1.29, 1.82) is 0 Å². The van der Waals surface area contributed by atoms with Gasteiger partial charge < -0.3 is 11.1 Å². The molecule has 0 bridgehead atoms. The van der Waals surface area contributed by atoms with Crippen LogP contribution in [0.2, 0.25) is 0 Å². The molecular weight excluding hydrogens is 268 g/mol. The molecule has 4 heteroatoms. The lowest BCUT2D eigenvalue weighted by Gasteiger charge is -2.26. The number of carbonyl (C=O) groups excluding carboxylic acids is 1. The number of hydrogen-bond donors (Lipinski definition) is 2. The maximum Gasteiger partial charge on any atom is 0.237 e. The summed E-state index contributed by atoms with van der Waals surface area (Å²) < 4.78 is 0.175. The Morgan fingerprint density at radius 3 is 2.45 bits per heavy atom. The molecule has 1 aromatic rings. The molecular formula is C16H24N2OS. The molecule has 0 saturated heterocycles. The Bertz CT molecular complexity index is 463. The fraction of sp³-hybridized carbons (Fsp3) is 0.562. The number of rotatable bonds is 5. The van der Waals surface area contributed by atoms with Gasteiger partial charge in [0.15, 0.2) is 0 Å². The zero-order valence-electron chi connectivity index (χ0n) is 12.5. The van der Waals surface area contributed by atoms with Gasteiger partial charge in [0.1, 0.15) is 0 Å². The molecule has 0 heterocycles. The van der Waals surface area contributed by atoms with Crippen molar-refractivity contribution in [2.75, 3.05) is 6.54 Å². The van der Waals surface area contributed by atoms with E-state index in [0.29, 0.717) is 6.54 Å². The standard InChI is InChI=1S/C16H24N2OS/c1-15(2,3)13(17)14(19)18-11-16(9-10-16)20-12-7-5-4-6-8-12/h4-8,13H,9-11,17H2,1-3H3,(H,18,19)/t13-/m1/s1. The molecule has 1 atom stereocenters. The first-order valence-corrected chi connectivity index (χ1v) is 7.91. The van der Waals surface area contributed by atoms with Crippen LogP contribution in [0.15, 0.2) is 35.2 Å². The molecule has 1 aromatic carbocycles. The molecule has 20 heavy (non-hydrogen) atoms. The summed E-state index contributed by atoms with van der Waals surface area (Å²) in [5, 5.41) is 3.03. The zero-order valence-corrected chi connectivity index (χ0v) is 13.3. The third-order valence-corrected chi connectivity index (χ3v) is 5.18. The molecule has 1 aliphatic carbocycles. The van der Waals surface area contributed by atoms with Crippen LogP contribution in [0.4, 0.5) is 0 Å². The topological polar surface area (TPSA) is 55.1 Å². The summed E-state index contributed by atoms with van der Waals surface area (Å²) in [6, 6.07) is 9.90. The van der Waals surface area contributed by atoms with Crippen molar-refractivity contribution in [2.24, 2.45) is 11.1 Å². The van der Waals surface area contributed by atoms with E-state index in [1.807, 2.05) is 50.7 Å². The van der Waals surface area contributed by atoms with Crippen molar-refractivity contribution >= 4 is 17.7 Å². The molecule has 110 valence electrons. The maximum absolute atomic E-state index is 12.1. The first-order chi connectivity index (χ1) is 9.32. The third kappa shape index (κ3) is 4.00. The minimum Gasteiger partial charge on any atom is -0.353 e. The SMILES string of the molecule is CC(C)(C)[C@H](N)C(=O)NCC1(Sc2ccccc2)CC1. The highest BCUT2D eigenvalue weighted by atomic mass is 32.2. The summed E-state index contributed by atoms with van der Waals surface area (Å²) >= 11 is 1.86. The average Bonchev–Trinajstić information content (AvgIpc) is 3.15. The van der Waals surface area contributed by atoms with Gasteiger partial charge in [0.05, 0.1) is 6.04 Å². The summed E-state index contributed by atoms with van der Waals surface area (Å²) in [7, 11) is 0. The predicted octanol–water partition coefficient (Wildman–Crippen LogP) is 2.80. The highest BCUT2D eigenvalue weighted by molar-refractivity contribution is 8.01. The van der Waals surface area contributed by atoms with Crippen LogP contribution < -0.4 is 11.1 Å². The van der Waals surface area contributed by atoms with Crippen LogP contribution >= 0.6 is 11.8 Å². The van der Waals surface area contributed by atoms with Gasteiger partial charge in [-0.1, -0.05) is 39.0 Å². The van der Waals surface area contributed by atoms with Crippen molar-refractivity contribution in [2.45, 2.75) is 49.3 Å². The zero-order chi connectivity index (χ0) is 14.8. The number of benzene rings is 1. The number of carbonyl (C=O) groups is 1. The van der Waals surface area contributed by atoms with Crippen molar-refractivity contribution in [3.63, 3.8) is 0 Å². The molecule has 1 fully saturated rings. The van der Waals surface area contributed by atoms with E-state index in [-0.39, 0.29) is 16.1 Å². The van der Waals surface area contributed by atoms with E-state index in [4.69, 9.17) is 5.73 Å². The summed E-state index contributed by atoms with van der Waals surface area (Å²) in [5.74, 6) is -0.0440. The smallest absolute Gasteiger partial charge is 0.237 e. The van der Waals surface area contributed by atoms with E-state index in [2.05, 4.69) is 17.4 Å². The molecule has 2 rings (SSSR count). The van der Waals surface area contributed by atoms with Gasteiger partial charge in [-0.25, -0.2) is 0 Å². The summed E-state index contributed by atoms with van der Waals surface area (Å²) in [5.41, 5.74) is 5.78. The maximum atomic E-state index is 12.1. The monoisotopic (exact) mass is 292 g/mol. The first-order valence-electron chi connectivity index (χ1n) is 7.10. The van der Waals surface area contributed by atoms with Crippen LogP contribution in [0.5, 0.6) is 0 Å². The van der Waals surface area contributed by atoms with Gasteiger partial charge in [-0.15, -0.1) is 11.8 Å². The van der Waals surface area contributed by atoms with Crippen molar-refractivity contribution < 1.29 is 4.79 Å².